The van der Waals surface area contributed by atoms with Crippen molar-refractivity contribution in [2.45, 2.75) is 26.8 Å². The van der Waals surface area contributed by atoms with Crippen LogP contribution in [0.1, 0.15) is 36.6 Å². The number of ether oxygens (including phenoxy) is 3. The minimum atomic E-state index is -0.782. The van der Waals surface area contributed by atoms with Gasteiger partial charge in [0.05, 0.1) is 55.9 Å². The number of aromatic nitrogens is 1. The molecule has 13 nitrogen and oxygen atoms in total. The molecular formula is C31H25BrN4O9S. The lowest BCUT2D eigenvalue weighted by molar-refractivity contribution is -0.394. The first-order chi connectivity index (χ1) is 21.9. The average molecular weight is 710 g/mol. The molecule has 0 saturated heterocycles. The normalized spacial score (nSPS) is 14.4. The third kappa shape index (κ3) is 6.19. The molecule has 0 aliphatic carbocycles. The number of nitro benzene ring substituents is 2. The lowest BCUT2D eigenvalue weighted by atomic mass is 9.95. The molecule has 3 aromatic carbocycles. The molecule has 1 aliphatic rings. The van der Waals surface area contributed by atoms with Crippen LogP contribution in [0.25, 0.3) is 6.08 Å². The van der Waals surface area contributed by atoms with Crippen molar-refractivity contribution in [2.75, 3.05) is 13.7 Å². The van der Waals surface area contributed by atoms with Gasteiger partial charge in [-0.2, -0.15) is 0 Å². The molecule has 0 saturated carbocycles. The van der Waals surface area contributed by atoms with Crippen LogP contribution in [0.2, 0.25) is 0 Å². The van der Waals surface area contributed by atoms with Crippen molar-refractivity contribution in [3.8, 4) is 17.2 Å². The Morgan fingerprint density at radius 2 is 1.78 bits per heavy atom. The van der Waals surface area contributed by atoms with Gasteiger partial charge >= 0.3 is 11.7 Å². The fraction of sp³-hybridized carbons (Fsp3) is 0.194. The number of rotatable bonds is 9. The monoisotopic (exact) mass is 708 g/mol. The summed E-state index contributed by atoms with van der Waals surface area (Å²) in [5.74, 6) is -0.549. The number of benzene rings is 3. The van der Waals surface area contributed by atoms with Gasteiger partial charge in [-0.3, -0.25) is 29.6 Å². The van der Waals surface area contributed by atoms with E-state index in [-0.39, 0.29) is 35.0 Å². The van der Waals surface area contributed by atoms with Gasteiger partial charge in [-0.05, 0) is 72.1 Å². The second-order valence-corrected chi connectivity index (χ2v) is 11.9. The zero-order valence-electron chi connectivity index (χ0n) is 24.8. The Balaban J connectivity index is 1.60. The molecule has 1 aliphatic heterocycles. The molecule has 0 radical (unpaired) electrons. The first-order valence-corrected chi connectivity index (χ1v) is 15.3. The Hall–Kier alpha value is -5.15. The van der Waals surface area contributed by atoms with Crippen molar-refractivity contribution in [1.82, 2.24) is 4.57 Å². The van der Waals surface area contributed by atoms with Gasteiger partial charge in [0.2, 0.25) is 5.75 Å². The fourth-order valence-electron chi connectivity index (χ4n) is 4.89. The minimum absolute atomic E-state index is 0.0761. The van der Waals surface area contributed by atoms with E-state index in [1.165, 1.54) is 11.7 Å². The number of carbonyl (C=O) groups excluding carboxylic acids is 1. The summed E-state index contributed by atoms with van der Waals surface area (Å²) in [6, 6.07) is 13.0. The topological polar surface area (TPSA) is 165 Å². The van der Waals surface area contributed by atoms with Gasteiger partial charge in [-0.25, -0.2) is 9.79 Å². The summed E-state index contributed by atoms with van der Waals surface area (Å²) in [6.07, 6.45) is 1.63. The number of allylic oxidation sites excluding steroid dienone is 1. The lowest BCUT2D eigenvalue weighted by Gasteiger charge is -2.24. The van der Waals surface area contributed by atoms with Crippen LogP contribution >= 0.6 is 27.3 Å². The summed E-state index contributed by atoms with van der Waals surface area (Å²) in [6.45, 7) is 5.52. The Morgan fingerprint density at radius 3 is 2.41 bits per heavy atom. The maximum atomic E-state index is 14.0. The summed E-state index contributed by atoms with van der Waals surface area (Å²) < 4.78 is 18.8. The second-order valence-electron chi connectivity index (χ2n) is 10.0. The molecular weight excluding hydrogens is 684 g/mol. The number of thiazole rings is 1. The van der Waals surface area contributed by atoms with Gasteiger partial charge in [-0.1, -0.05) is 41.2 Å². The predicted octanol–water partition coefficient (Wildman–Crippen LogP) is 5.49. The van der Waals surface area contributed by atoms with Crippen molar-refractivity contribution >= 4 is 50.7 Å². The van der Waals surface area contributed by atoms with Gasteiger partial charge in [0.25, 0.3) is 11.2 Å². The van der Waals surface area contributed by atoms with E-state index < -0.39 is 33.2 Å². The van der Waals surface area contributed by atoms with Crippen molar-refractivity contribution in [1.29, 1.82) is 0 Å². The van der Waals surface area contributed by atoms with Gasteiger partial charge in [0, 0.05) is 6.07 Å². The second kappa shape index (κ2) is 13.1. The highest BCUT2D eigenvalue weighted by atomic mass is 79.9. The summed E-state index contributed by atoms with van der Waals surface area (Å²) >= 11 is 4.57. The van der Waals surface area contributed by atoms with Crippen LogP contribution in [-0.4, -0.2) is 34.1 Å². The van der Waals surface area contributed by atoms with E-state index >= 15 is 0 Å². The van der Waals surface area contributed by atoms with Crippen LogP contribution in [0, 0.1) is 27.2 Å². The van der Waals surface area contributed by atoms with Crippen LogP contribution in [-0.2, 0) is 9.53 Å². The average Bonchev–Trinajstić information content (AvgIpc) is 3.31. The number of nitro groups is 2. The maximum absolute atomic E-state index is 14.0. The van der Waals surface area contributed by atoms with Crippen molar-refractivity contribution in [3.05, 3.63) is 127 Å². The Labute approximate surface area is 273 Å². The zero-order chi connectivity index (χ0) is 33.3. The van der Waals surface area contributed by atoms with E-state index in [0.717, 1.165) is 40.7 Å². The molecule has 0 bridgehead atoms. The molecule has 4 aromatic rings. The molecule has 0 unspecified atom stereocenters. The summed E-state index contributed by atoms with van der Waals surface area (Å²) in [5, 5.41) is 22.8. The van der Waals surface area contributed by atoms with E-state index in [1.54, 1.807) is 32.1 Å². The molecule has 1 atom stereocenters. The van der Waals surface area contributed by atoms with Gasteiger partial charge in [0.1, 0.15) is 0 Å². The number of fused-ring (bicyclic) bond motifs is 1. The molecule has 0 N–H and O–H groups in total. The summed E-state index contributed by atoms with van der Waals surface area (Å²) in [5.41, 5.74) is 1.55. The third-order valence-electron chi connectivity index (χ3n) is 7.02. The highest BCUT2D eigenvalue weighted by Crippen LogP contribution is 2.43. The smallest absolute Gasteiger partial charge is 0.338 e. The number of hydrogen-bond acceptors (Lipinski definition) is 11. The Kier molecular flexibility index (Phi) is 9.16. The van der Waals surface area contributed by atoms with E-state index in [1.807, 2.05) is 31.2 Å². The van der Waals surface area contributed by atoms with Crippen molar-refractivity contribution < 1.29 is 28.9 Å². The number of hydrogen-bond donors (Lipinski definition) is 0. The molecule has 0 fully saturated rings. The van der Waals surface area contributed by atoms with Gasteiger partial charge in [-0.15, -0.1) is 0 Å². The number of methoxy groups -OCH3 is 1. The SMILES string of the molecule is CCOC(=O)C1=C(C)N=c2s/c(=C/c3cc(Br)c(Oc4ccc([N+](=O)[O-])cc4[N+](=O)[O-])c(OC)c3)c(=O)n2[C@H]1c1ccc(C)cc1. The highest BCUT2D eigenvalue weighted by Gasteiger charge is 2.33. The molecule has 236 valence electrons. The van der Waals surface area contributed by atoms with Crippen molar-refractivity contribution in [3.63, 3.8) is 0 Å². The van der Waals surface area contributed by atoms with Gasteiger partial charge in [0.15, 0.2) is 16.3 Å². The first kappa shape index (κ1) is 32.2. The van der Waals surface area contributed by atoms with Crippen LogP contribution in [0.4, 0.5) is 11.4 Å². The summed E-state index contributed by atoms with van der Waals surface area (Å²) in [4.78, 5) is 53.3. The van der Waals surface area contributed by atoms with Crippen molar-refractivity contribution in [2.24, 2.45) is 4.99 Å². The quantitative estimate of drug-likeness (QED) is 0.124. The molecule has 0 amide bonds. The number of aryl methyl sites for hydroxylation is 1. The zero-order valence-corrected chi connectivity index (χ0v) is 27.2. The molecule has 0 spiro atoms. The molecule has 2 heterocycles. The number of esters is 1. The Bertz CT molecular complexity index is 2120. The van der Waals surface area contributed by atoms with Gasteiger partial charge < -0.3 is 14.2 Å². The predicted molar refractivity (Wildman–Crippen MR) is 172 cm³/mol. The third-order valence-corrected chi connectivity index (χ3v) is 8.59. The fourth-order valence-corrected chi connectivity index (χ4v) is 6.47. The maximum Gasteiger partial charge on any atom is 0.338 e. The van der Waals surface area contributed by atoms with Crippen LogP contribution in [0.15, 0.2) is 80.1 Å². The summed E-state index contributed by atoms with van der Waals surface area (Å²) in [7, 11) is 1.37. The minimum Gasteiger partial charge on any atom is -0.493 e. The molecule has 15 heteroatoms. The molecule has 46 heavy (non-hydrogen) atoms. The first-order valence-electron chi connectivity index (χ1n) is 13.7. The molecule has 5 rings (SSSR count). The van der Waals surface area contributed by atoms with Crippen LogP contribution < -0.4 is 24.4 Å². The van der Waals surface area contributed by atoms with E-state index in [0.29, 0.717) is 25.1 Å². The number of nitrogens with zero attached hydrogens (tertiary/aromatic N) is 4. The number of halogens is 1. The molecule has 1 aromatic heterocycles. The van der Waals surface area contributed by atoms with E-state index in [4.69, 9.17) is 14.2 Å². The Morgan fingerprint density at radius 1 is 1.07 bits per heavy atom. The van der Waals surface area contributed by atoms with E-state index in [9.17, 15) is 29.8 Å². The number of non-ortho nitro benzene ring substituents is 1. The number of carbonyl (C=O) groups is 1. The highest BCUT2D eigenvalue weighted by molar-refractivity contribution is 9.10. The van der Waals surface area contributed by atoms with Crippen LogP contribution in [0.5, 0.6) is 17.2 Å². The largest absolute Gasteiger partial charge is 0.493 e. The van der Waals surface area contributed by atoms with Crippen LogP contribution in [0.3, 0.4) is 0 Å². The standard InChI is InChI=1S/C31H25BrN4O9S/c1-5-44-30(38)26-17(3)33-31-34(27(26)19-8-6-16(2)7-9-19)29(37)25(46-31)14-18-12-21(32)28(24(13-18)43-4)45-23-11-10-20(35(39)40)15-22(23)36(41)42/h6-15,27H,5H2,1-4H3/b25-14+/t27-/m0/s1. The lowest BCUT2D eigenvalue weighted by Crippen LogP contribution is -2.39. The van der Waals surface area contributed by atoms with E-state index in [2.05, 4.69) is 20.9 Å².